The highest BCUT2D eigenvalue weighted by Crippen LogP contribution is 2.40. The molecule has 0 radical (unpaired) electrons. The van der Waals surface area contributed by atoms with Crippen LogP contribution in [0, 0.1) is 0 Å². The second-order valence-electron chi connectivity index (χ2n) is 6.30. The van der Waals surface area contributed by atoms with Crippen molar-refractivity contribution in [1.82, 2.24) is 25.1 Å². The van der Waals surface area contributed by atoms with Gasteiger partial charge in [0.2, 0.25) is 10.7 Å². The summed E-state index contributed by atoms with van der Waals surface area (Å²) in [5.41, 5.74) is -3.19. The lowest BCUT2D eigenvalue weighted by Crippen LogP contribution is -2.47. The molecule has 2 unspecified atom stereocenters. The van der Waals surface area contributed by atoms with Crippen LogP contribution in [0.4, 0.5) is 23.1 Å². The fourth-order valence-corrected chi connectivity index (χ4v) is 3.65. The van der Waals surface area contributed by atoms with Crippen LogP contribution in [0.3, 0.4) is 0 Å². The Bertz CT molecular complexity index is 820. The van der Waals surface area contributed by atoms with Gasteiger partial charge in [0.05, 0.1) is 0 Å². The average molecular weight is 420 g/mol. The molecule has 0 aromatic carbocycles. The number of aromatic nitrogens is 4. The molecule has 0 aliphatic carbocycles. The molecule has 2 aromatic heterocycles. The summed E-state index contributed by atoms with van der Waals surface area (Å²) in [6.45, 7) is 0.206. The first-order valence-corrected chi connectivity index (χ1v) is 9.29. The zero-order valence-corrected chi connectivity index (χ0v) is 15.7. The number of carbonyl (C=O) groups is 1. The predicted molar refractivity (Wildman–Crippen MR) is 92.6 cm³/mol. The fraction of sp³-hybridized carbons (Fsp3) is 0.600. The smallest absolute Gasteiger partial charge is 0.374 e. The number of alkyl halides is 3. The van der Waals surface area contributed by atoms with Crippen molar-refractivity contribution in [1.29, 1.82) is 0 Å². The zero-order valence-electron chi connectivity index (χ0n) is 14.9. The molecule has 1 aliphatic heterocycles. The van der Waals surface area contributed by atoms with E-state index >= 15 is 0 Å². The molecular formula is C15H19F3N6O3S. The second-order valence-corrected chi connectivity index (χ2v) is 7.31. The van der Waals surface area contributed by atoms with Gasteiger partial charge in [-0.2, -0.15) is 13.2 Å². The lowest BCUT2D eigenvalue weighted by molar-refractivity contribution is -0.272. The van der Waals surface area contributed by atoms with Gasteiger partial charge in [0.1, 0.15) is 16.9 Å². The molecule has 9 nitrogen and oxygen atoms in total. The largest absolute Gasteiger partial charge is 0.424 e. The number of ether oxygens (including phenoxy) is 1. The normalized spacial score (nSPS) is 19.4. The van der Waals surface area contributed by atoms with E-state index in [0.717, 1.165) is 34.9 Å². The van der Waals surface area contributed by atoms with Crippen LogP contribution in [0.15, 0.2) is 12.4 Å². The van der Waals surface area contributed by atoms with Crippen LogP contribution in [0.2, 0.25) is 0 Å². The Hall–Kier alpha value is -2.25. The van der Waals surface area contributed by atoms with Crippen molar-refractivity contribution >= 4 is 22.5 Å². The molecule has 0 saturated carbocycles. The molecule has 3 heterocycles. The number of aliphatic hydroxyl groups is 1. The number of hydrogen-bond donors (Lipinski definition) is 3. The van der Waals surface area contributed by atoms with Gasteiger partial charge in [0.25, 0.3) is 0 Å². The van der Waals surface area contributed by atoms with Gasteiger partial charge in [-0.3, -0.25) is 5.32 Å². The SMILES string of the molecule is Cn1ccnc1C(O)(CCNC(=O)Nc1nnc(C2CCCO2)s1)C(F)(F)F. The summed E-state index contributed by atoms with van der Waals surface area (Å²) >= 11 is 1.14. The number of nitrogens with one attached hydrogen (secondary N) is 2. The lowest BCUT2D eigenvalue weighted by atomic mass is 9.97. The van der Waals surface area contributed by atoms with Crippen molar-refractivity contribution in [3.63, 3.8) is 0 Å². The highest BCUT2D eigenvalue weighted by atomic mass is 32.1. The Morgan fingerprint density at radius 1 is 1.46 bits per heavy atom. The minimum absolute atomic E-state index is 0.143. The van der Waals surface area contributed by atoms with Crippen LogP contribution < -0.4 is 10.6 Å². The Morgan fingerprint density at radius 3 is 2.86 bits per heavy atom. The molecule has 0 bridgehead atoms. The number of aryl methyl sites for hydroxylation is 1. The van der Waals surface area contributed by atoms with Gasteiger partial charge in [-0.05, 0) is 12.8 Å². The quantitative estimate of drug-likeness (QED) is 0.659. The third-order valence-electron chi connectivity index (χ3n) is 4.30. The van der Waals surface area contributed by atoms with Gasteiger partial charge in [-0.25, -0.2) is 9.78 Å². The summed E-state index contributed by atoms with van der Waals surface area (Å²) in [6, 6.07) is -0.751. The predicted octanol–water partition coefficient (Wildman–Crippen LogP) is 2.08. The van der Waals surface area contributed by atoms with E-state index in [-0.39, 0.29) is 11.2 Å². The number of carbonyl (C=O) groups excluding carboxylic acids is 1. The summed E-state index contributed by atoms with van der Waals surface area (Å²) in [5.74, 6) is -0.549. The highest BCUT2D eigenvalue weighted by Gasteiger charge is 2.57. The number of urea groups is 1. The molecule has 1 fully saturated rings. The van der Waals surface area contributed by atoms with E-state index in [2.05, 4.69) is 25.8 Å². The molecule has 28 heavy (non-hydrogen) atoms. The van der Waals surface area contributed by atoms with E-state index < -0.39 is 36.6 Å². The minimum Gasteiger partial charge on any atom is -0.374 e. The van der Waals surface area contributed by atoms with E-state index in [4.69, 9.17) is 4.74 Å². The van der Waals surface area contributed by atoms with Crippen molar-refractivity contribution < 1.29 is 27.8 Å². The fourth-order valence-electron chi connectivity index (χ4n) is 2.83. The number of amides is 2. The maximum absolute atomic E-state index is 13.4. The summed E-state index contributed by atoms with van der Waals surface area (Å²) in [5, 5.41) is 23.5. The topological polar surface area (TPSA) is 114 Å². The van der Waals surface area contributed by atoms with E-state index in [1.54, 1.807) is 0 Å². The average Bonchev–Trinajstić information content (AvgIpc) is 3.34. The molecule has 3 N–H and O–H groups in total. The van der Waals surface area contributed by atoms with Gasteiger partial charge < -0.3 is 19.7 Å². The van der Waals surface area contributed by atoms with Crippen LogP contribution in [0.25, 0.3) is 0 Å². The number of rotatable bonds is 6. The Balaban J connectivity index is 1.56. The first kappa shape index (κ1) is 20.5. The van der Waals surface area contributed by atoms with Crippen LogP contribution >= 0.6 is 11.3 Å². The number of hydrogen-bond acceptors (Lipinski definition) is 7. The molecule has 3 rings (SSSR count). The monoisotopic (exact) mass is 420 g/mol. The minimum atomic E-state index is -4.96. The molecule has 1 saturated heterocycles. The molecule has 2 atom stereocenters. The molecule has 13 heteroatoms. The van der Waals surface area contributed by atoms with Crippen LogP contribution in [-0.2, 0) is 17.4 Å². The maximum Gasteiger partial charge on any atom is 0.424 e. The van der Waals surface area contributed by atoms with Gasteiger partial charge in [-0.1, -0.05) is 11.3 Å². The van der Waals surface area contributed by atoms with E-state index in [1.807, 2.05) is 0 Å². The van der Waals surface area contributed by atoms with Crippen LogP contribution in [0.1, 0.15) is 36.2 Å². The summed E-state index contributed by atoms with van der Waals surface area (Å²) in [7, 11) is 1.35. The molecule has 2 aromatic rings. The first-order chi connectivity index (χ1) is 13.2. The van der Waals surface area contributed by atoms with Gasteiger partial charge in [0.15, 0.2) is 0 Å². The van der Waals surface area contributed by atoms with E-state index in [9.17, 15) is 23.1 Å². The van der Waals surface area contributed by atoms with E-state index in [0.29, 0.717) is 11.6 Å². The van der Waals surface area contributed by atoms with Crippen molar-refractivity contribution in [3.8, 4) is 0 Å². The molecular weight excluding hydrogens is 401 g/mol. The molecule has 0 spiro atoms. The standard InChI is InChI=1S/C15H19F3N6O3S/c1-24-7-6-19-11(24)14(26,15(16,17)18)4-5-20-12(25)21-13-23-22-10(28-13)9-3-2-8-27-9/h6-7,9,26H,2-5,8H2,1H3,(H2,20,21,23,25). The molecule has 2 amide bonds. The molecule has 1 aliphatic rings. The van der Waals surface area contributed by atoms with Gasteiger partial charge in [0, 0.05) is 39.0 Å². The highest BCUT2D eigenvalue weighted by molar-refractivity contribution is 7.15. The van der Waals surface area contributed by atoms with Crippen molar-refractivity contribution in [2.45, 2.75) is 37.1 Å². The first-order valence-electron chi connectivity index (χ1n) is 8.47. The Labute approximate surface area is 161 Å². The zero-order chi connectivity index (χ0) is 20.4. The second kappa shape index (κ2) is 8.01. The number of anilines is 1. The van der Waals surface area contributed by atoms with Gasteiger partial charge in [-0.15, -0.1) is 10.2 Å². The summed E-state index contributed by atoms with van der Waals surface area (Å²) < 4.78 is 46.8. The third-order valence-corrected chi connectivity index (χ3v) is 5.23. The Morgan fingerprint density at radius 2 is 2.25 bits per heavy atom. The number of imidazole rings is 1. The third kappa shape index (κ3) is 4.25. The van der Waals surface area contributed by atoms with E-state index in [1.165, 1.54) is 13.2 Å². The number of nitrogens with zero attached hydrogens (tertiary/aromatic N) is 4. The van der Waals surface area contributed by atoms with Crippen molar-refractivity contribution in [2.24, 2.45) is 7.05 Å². The molecule has 154 valence electrons. The number of halogens is 3. The van der Waals surface area contributed by atoms with Crippen LogP contribution in [-0.4, -0.2) is 50.2 Å². The Kier molecular flexibility index (Phi) is 5.86. The van der Waals surface area contributed by atoms with Gasteiger partial charge >= 0.3 is 12.2 Å². The summed E-state index contributed by atoms with van der Waals surface area (Å²) in [6.07, 6.45) is -1.70. The van der Waals surface area contributed by atoms with Crippen molar-refractivity contribution in [2.75, 3.05) is 18.5 Å². The summed E-state index contributed by atoms with van der Waals surface area (Å²) in [4.78, 5) is 15.5. The maximum atomic E-state index is 13.4. The lowest BCUT2D eigenvalue weighted by Gasteiger charge is -2.29. The van der Waals surface area contributed by atoms with Crippen molar-refractivity contribution in [3.05, 3.63) is 23.2 Å². The van der Waals surface area contributed by atoms with Crippen LogP contribution in [0.5, 0.6) is 0 Å².